The van der Waals surface area contributed by atoms with E-state index in [0.29, 0.717) is 10.8 Å². The lowest BCUT2D eigenvalue weighted by molar-refractivity contribution is 0.309. The van der Waals surface area contributed by atoms with Crippen LogP contribution >= 0.6 is 22.9 Å². The number of nitrogens with one attached hydrogen (secondary N) is 1. The number of fused-ring (bicyclic) bond motifs is 1. The van der Waals surface area contributed by atoms with Gasteiger partial charge >= 0.3 is 0 Å². The second kappa shape index (κ2) is 10.6. The first-order valence-corrected chi connectivity index (χ1v) is 12.0. The number of benzene rings is 1. The van der Waals surface area contributed by atoms with Crippen LogP contribution in [-0.2, 0) is 6.61 Å². The van der Waals surface area contributed by atoms with Crippen molar-refractivity contribution in [2.45, 2.75) is 20.5 Å². The largest absolute Gasteiger partial charge is 0.487 e. The minimum Gasteiger partial charge on any atom is -0.487 e. The van der Waals surface area contributed by atoms with Crippen molar-refractivity contribution in [3.8, 4) is 5.75 Å². The smallest absolute Gasteiger partial charge is 0.146 e. The van der Waals surface area contributed by atoms with Gasteiger partial charge in [0.05, 0.1) is 16.2 Å². The first-order valence-electron chi connectivity index (χ1n) is 10.8. The number of allylic oxidation sites excluding steroid dienone is 2. The zero-order chi connectivity index (χ0) is 24.1. The second-order valence-corrected chi connectivity index (χ2v) is 8.94. The van der Waals surface area contributed by atoms with E-state index in [2.05, 4.69) is 27.9 Å². The molecule has 0 aliphatic heterocycles. The van der Waals surface area contributed by atoms with Crippen LogP contribution in [0, 0.1) is 13.8 Å². The lowest BCUT2D eigenvalue weighted by Crippen LogP contribution is -2.06. The molecule has 0 radical (unpaired) electrons. The molecule has 0 bridgehead atoms. The summed E-state index contributed by atoms with van der Waals surface area (Å²) in [5.41, 5.74) is 8.29. The Hall–Kier alpha value is -3.48. The third-order valence-electron chi connectivity index (χ3n) is 5.38. The van der Waals surface area contributed by atoms with Gasteiger partial charge in [-0.25, -0.2) is 9.97 Å². The summed E-state index contributed by atoms with van der Waals surface area (Å²) in [5, 5.41) is 4.79. The summed E-state index contributed by atoms with van der Waals surface area (Å²) in [4.78, 5) is 14.4. The van der Waals surface area contributed by atoms with Crippen molar-refractivity contribution < 1.29 is 4.74 Å². The Morgan fingerprint density at radius 2 is 2.09 bits per heavy atom. The molecule has 1 aromatic carbocycles. The number of hydrogen-bond acceptors (Lipinski definition) is 6. The summed E-state index contributed by atoms with van der Waals surface area (Å²) in [7, 11) is 1.89. The van der Waals surface area contributed by atoms with E-state index >= 15 is 0 Å². The van der Waals surface area contributed by atoms with E-state index in [0.717, 1.165) is 49.6 Å². The van der Waals surface area contributed by atoms with Crippen LogP contribution in [0.3, 0.4) is 0 Å². The molecule has 0 amide bonds. The molecule has 172 valence electrons. The Labute approximate surface area is 208 Å². The standard InChI is InChI=1S/C27H25ClN4OS/c1-5-7-24(29-4)21-12-17(2)32-27-20(21)8-6-9-25(27)33-15-22-19(13-30-14-23(22)28)10-11-26-18(3)31-16-34-26/h5-14,16,29H,1,15H2,2-4H3/b11-10+,24-7-. The summed E-state index contributed by atoms with van der Waals surface area (Å²) < 4.78 is 6.29. The van der Waals surface area contributed by atoms with E-state index in [4.69, 9.17) is 21.3 Å². The van der Waals surface area contributed by atoms with Gasteiger partial charge in [-0.1, -0.05) is 42.5 Å². The van der Waals surface area contributed by atoms with Gasteiger partial charge in [0.2, 0.25) is 0 Å². The highest BCUT2D eigenvalue weighted by Crippen LogP contribution is 2.31. The zero-order valence-electron chi connectivity index (χ0n) is 19.3. The maximum Gasteiger partial charge on any atom is 0.146 e. The molecule has 0 fully saturated rings. The normalized spacial score (nSPS) is 11.8. The van der Waals surface area contributed by atoms with Crippen LogP contribution in [0.5, 0.6) is 5.75 Å². The Morgan fingerprint density at radius 1 is 1.24 bits per heavy atom. The first kappa shape index (κ1) is 23.7. The van der Waals surface area contributed by atoms with Crippen LogP contribution in [0.15, 0.2) is 60.9 Å². The Kier molecular flexibility index (Phi) is 7.40. The average molecular weight is 489 g/mol. The summed E-state index contributed by atoms with van der Waals surface area (Å²) in [5.74, 6) is 0.692. The lowest BCUT2D eigenvalue weighted by atomic mass is 10.0. The number of nitrogens with zero attached hydrogens (tertiary/aromatic N) is 3. The van der Waals surface area contributed by atoms with E-state index < -0.39 is 0 Å². The molecule has 0 spiro atoms. The number of ether oxygens (including phenoxy) is 1. The maximum absolute atomic E-state index is 6.52. The molecule has 34 heavy (non-hydrogen) atoms. The summed E-state index contributed by atoms with van der Waals surface area (Å²) >= 11 is 8.12. The van der Waals surface area contributed by atoms with Gasteiger partial charge in [-0.05, 0) is 38.1 Å². The van der Waals surface area contributed by atoms with Gasteiger partial charge < -0.3 is 10.1 Å². The molecule has 0 aliphatic carbocycles. The van der Waals surface area contributed by atoms with Crippen molar-refractivity contribution in [1.82, 2.24) is 20.3 Å². The predicted octanol–water partition coefficient (Wildman–Crippen LogP) is 6.85. The minimum absolute atomic E-state index is 0.286. The SMILES string of the molecule is C=C/C=C(\NC)c1cc(C)nc2c(OCc3c(Cl)cncc3/C=C/c3scnc3C)cccc12. The van der Waals surface area contributed by atoms with Gasteiger partial charge in [0.25, 0.3) is 0 Å². The van der Waals surface area contributed by atoms with Gasteiger partial charge in [-0.2, -0.15) is 0 Å². The highest BCUT2D eigenvalue weighted by atomic mass is 35.5. The zero-order valence-corrected chi connectivity index (χ0v) is 20.9. The fourth-order valence-corrected chi connectivity index (χ4v) is 4.59. The molecule has 3 heterocycles. The molecule has 0 atom stereocenters. The van der Waals surface area contributed by atoms with Gasteiger partial charge in [-0.15, -0.1) is 11.3 Å². The highest BCUT2D eigenvalue weighted by molar-refractivity contribution is 7.10. The summed E-state index contributed by atoms with van der Waals surface area (Å²) in [6, 6.07) is 8.01. The van der Waals surface area contributed by atoms with Crippen LogP contribution in [0.25, 0.3) is 28.8 Å². The minimum atomic E-state index is 0.286. The number of para-hydroxylation sites is 1. The predicted molar refractivity (Wildman–Crippen MR) is 143 cm³/mol. The molecule has 7 heteroatoms. The molecular weight excluding hydrogens is 464 g/mol. The molecule has 4 rings (SSSR count). The monoisotopic (exact) mass is 488 g/mol. The van der Waals surface area contributed by atoms with Gasteiger partial charge in [-0.3, -0.25) is 4.98 Å². The number of aryl methyl sites for hydroxylation is 2. The number of pyridine rings is 2. The molecule has 0 saturated carbocycles. The summed E-state index contributed by atoms with van der Waals surface area (Å²) in [6.07, 6.45) is 11.2. The maximum atomic E-state index is 6.52. The van der Waals surface area contributed by atoms with Crippen molar-refractivity contribution in [3.05, 3.63) is 98.9 Å². The molecule has 0 aliphatic rings. The second-order valence-electron chi connectivity index (χ2n) is 7.64. The van der Waals surface area contributed by atoms with Crippen molar-refractivity contribution in [3.63, 3.8) is 0 Å². The van der Waals surface area contributed by atoms with Gasteiger partial charge in [0, 0.05) is 57.8 Å². The molecule has 0 unspecified atom stereocenters. The third-order valence-corrected chi connectivity index (χ3v) is 6.60. The van der Waals surface area contributed by atoms with Crippen LogP contribution in [0.4, 0.5) is 0 Å². The number of rotatable bonds is 8. The van der Waals surface area contributed by atoms with Crippen LogP contribution in [0.2, 0.25) is 5.02 Å². The first-order chi connectivity index (χ1) is 16.5. The number of aromatic nitrogens is 3. The number of thiazole rings is 1. The van der Waals surface area contributed by atoms with Crippen LogP contribution in [-0.4, -0.2) is 22.0 Å². The lowest BCUT2D eigenvalue weighted by Gasteiger charge is -2.15. The molecule has 1 N–H and O–H groups in total. The van der Waals surface area contributed by atoms with Gasteiger partial charge in [0.1, 0.15) is 17.9 Å². The molecule has 5 nitrogen and oxygen atoms in total. The molecule has 0 saturated heterocycles. The molecular formula is C27H25ClN4OS. The summed E-state index contributed by atoms with van der Waals surface area (Å²) in [6.45, 7) is 8.08. The van der Waals surface area contributed by atoms with Crippen molar-refractivity contribution in [2.75, 3.05) is 7.05 Å². The van der Waals surface area contributed by atoms with E-state index in [1.807, 2.05) is 62.8 Å². The Balaban J connectivity index is 1.69. The fourth-order valence-electron chi connectivity index (χ4n) is 3.67. The van der Waals surface area contributed by atoms with E-state index in [9.17, 15) is 0 Å². The third kappa shape index (κ3) is 5.03. The van der Waals surface area contributed by atoms with E-state index in [1.54, 1.807) is 29.8 Å². The fraction of sp³-hybridized carbons (Fsp3) is 0.148. The molecule has 3 aromatic heterocycles. The van der Waals surface area contributed by atoms with Crippen LogP contribution < -0.4 is 10.1 Å². The van der Waals surface area contributed by atoms with Gasteiger partial charge in [0.15, 0.2) is 0 Å². The van der Waals surface area contributed by atoms with Crippen molar-refractivity contribution in [1.29, 1.82) is 0 Å². The van der Waals surface area contributed by atoms with E-state index in [-0.39, 0.29) is 6.61 Å². The average Bonchev–Trinajstić information content (AvgIpc) is 3.24. The Bertz CT molecular complexity index is 1410. The highest BCUT2D eigenvalue weighted by Gasteiger charge is 2.13. The van der Waals surface area contributed by atoms with Crippen molar-refractivity contribution >= 4 is 51.7 Å². The topological polar surface area (TPSA) is 59.9 Å². The quantitative estimate of drug-likeness (QED) is 0.275. The molecule has 4 aromatic rings. The number of hydrogen-bond donors (Lipinski definition) is 1. The van der Waals surface area contributed by atoms with E-state index in [1.165, 1.54) is 0 Å². The number of halogens is 1. The Morgan fingerprint density at radius 3 is 2.82 bits per heavy atom. The van der Waals surface area contributed by atoms with Crippen molar-refractivity contribution in [2.24, 2.45) is 0 Å². The van der Waals surface area contributed by atoms with Crippen LogP contribution in [0.1, 0.15) is 33.0 Å².